The number of amidine groups is 4. The van der Waals surface area contributed by atoms with Gasteiger partial charge in [-0.3, -0.25) is 9.05 Å². The molecule has 6 aromatic rings. The average Bonchev–Trinajstić information content (AvgIpc) is 3.91. The number of phosphoric acid groups is 1. The Kier molecular flexibility index (Phi) is 7.76. The summed E-state index contributed by atoms with van der Waals surface area (Å²) in [6.07, 6.45) is 11.5. The maximum absolute atomic E-state index is 15.0. The highest BCUT2D eigenvalue weighted by atomic mass is 31.2. The quantitative estimate of drug-likeness (QED) is 0.0806. The highest BCUT2D eigenvalue weighted by Gasteiger charge is 2.48. The number of aromatic nitrogens is 2. The normalized spacial score (nSPS) is 14.8. The van der Waals surface area contributed by atoms with Crippen molar-refractivity contribution in [1.29, 1.82) is 0 Å². The van der Waals surface area contributed by atoms with Crippen molar-refractivity contribution in [3.8, 4) is 24.7 Å². The lowest BCUT2D eigenvalue weighted by Crippen LogP contribution is -2.48. The molecule has 258 valence electrons. The van der Waals surface area contributed by atoms with Crippen LogP contribution in [0.25, 0.3) is 21.5 Å². The van der Waals surface area contributed by atoms with E-state index in [9.17, 15) is 4.57 Å². The first kappa shape index (κ1) is 32.6. The first-order chi connectivity index (χ1) is 26.5. The summed E-state index contributed by atoms with van der Waals surface area (Å²) in [6.45, 7) is -0.160. The lowest BCUT2D eigenvalue weighted by molar-refractivity contribution is 0.158. The fourth-order valence-corrected chi connectivity index (χ4v) is 11.9. The van der Waals surface area contributed by atoms with Crippen LogP contribution in [-0.4, -0.2) is 58.6 Å². The molecule has 0 fully saturated rings. The molecule has 12 nitrogen and oxygen atoms in total. The van der Waals surface area contributed by atoms with Gasteiger partial charge in [-0.2, -0.15) is 0 Å². The summed E-state index contributed by atoms with van der Waals surface area (Å²) in [5.74, 6) is 7.90. The molecule has 4 aromatic carbocycles. The van der Waals surface area contributed by atoms with Crippen LogP contribution in [0.3, 0.4) is 0 Å². The molecule has 4 aliphatic rings. The number of hydrogen-bond donors (Lipinski definition) is 0. The number of aliphatic imine (C=N–C) groups is 4. The summed E-state index contributed by atoms with van der Waals surface area (Å²) in [6, 6.07) is 31.4. The largest absolute Gasteiger partial charge is 0.818 e. The van der Waals surface area contributed by atoms with Crippen LogP contribution < -0.4 is 11.0 Å². The zero-order valence-corrected chi connectivity index (χ0v) is 30.5. The van der Waals surface area contributed by atoms with Crippen molar-refractivity contribution in [2.75, 3.05) is 13.2 Å². The van der Waals surface area contributed by atoms with E-state index in [-0.39, 0.29) is 26.1 Å². The molecule has 2 aromatic heterocycles. The molecule has 0 radical (unpaired) electrons. The minimum Gasteiger partial charge on any atom is -0.373 e. The third-order valence-corrected chi connectivity index (χ3v) is 14.1. The van der Waals surface area contributed by atoms with Crippen molar-refractivity contribution in [2.45, 2.75) is 12.8 Å². The van der Waals surface area contributed by atoms with Crippen LogP contribution in [0.5, 0.6) is 0 Å². The number of terminal acetylenes is 2. The molecule has 6 heterocycles. The van der Waals surface area contributed by atoms with Crippen LogP contribution >= 0.6 is 7.82 Å². The smallest absolute Gasteiger partial charge is 0.373 e. The Morgan fingerprint density at radius 1 is 0.537 bits per heavy atom. The van der Waals surface area contributed by atoms with Gasteiger partial charge in [-0.1, -0.05) is 97.1 Å². The molecule has 6 bridgehead atoms. The molecular formula is C40H26AlN8O4P. The van der Waals surface area contributed by atoms with Gasteiger partial charge < -0.3 is 10.7 Å². The van der Waals surface area contributed by atoms with Gasteiger partial charge in [0.05, 0.1) is 13.2 Å². The minimum absolute atomic E-state index is 0.0801. The van der Waals surface area contributed by atoms with Crippen molar-refractivity contribution in [1.82, 2.24) is 7.10 Å². The van der Waals surface area contributed by atoms with Gasteiger partial charge in [-0.05, 0) is 0 Å². The maximum Gasteiger partial charge on any atom is 0.818 e. The van der Waals surface area contributed by atoms with Crippen LogP contribution in [0.4, 0.5) is 11.6 Å². The lowest BCUT2D eigenvalue weighted by atomic mass is 10.1. The predicted molar refractivity (Wildman–Crippen MR) is 209 cm³/mol. The number of nitrogens with zero attached hydrogens (tertiary/aromatic N) is 8. The Balaban J connectivity index is 1.41. The monoisotopic (exact) mass is 740 g/mol. The standard InChI is InChI=1S/C32H16N8.C8H11O4P.Al/c1-2-10-18-17(9-1)25-33-26(18)38-28-21-13-5-6-14-22(21)30(35-28)40-32-24-16-8-7-15-23(24)31(36-32)39-29-20-12-4-3-11-19(20)27(34-29)37-25;1-3-5-7-11-13(9,10)12-8-6-4-2;/h1-16H;1-2H,5-8H2,(H,9,10);/q-2;;+3/p-1. The van der Waals surface area contributed by atoms with Crippen molar-refractivity contribution < 1.29 is 17.2 Å². The summed E-state index contributed by atoms with van der Waals surface area (Å²) in [5.41, 5.74) is 4.25. The molecule has 0 aliphatic carbocycles. The highest BCUT2D eigenvalue weighted by Crippen LogP contribution is 2.52. The van der Waals surface area contributed by atoms with Gasteiger partial charge in [0.2, 0.25) is 0 Å². The second-order valence-corrected chi connectivity index (χ2v) is 16.6. The summed E-state index contributed by atoms with van der Waals surface area (Å²) in [7, 11) is -4.41. The van der Waals surface area contributed by atoms with E-state index < -0.39 is 22.7 Å². The molecule has 0 N–H and O–H groups in total. The zero-order valence-electron chi connectivity index (χ0n) is 28.5. The Hall–Kier alpha value is -6.00. The van der Waals surface area contributed by atoms with E-state index in [1.807, 2.05) is 104 Å². The van der Waals surface area contributed by atoms with Crippen molar-refractivity contribution in [2.24, 2.45) is 30.0 Å². The van der Waals surface area contributed by atoms with Gasteiger partial charge in [0.1, 0.15) is 22.6 Å². The van der Waals surface area contributed by atoms with Gasteiger partial charge in [0.25, 0.3) is 0 Å². The van der Waals surface area contributed by atoms with E-state index in [0.29, 0.717) is 46.0 Å². The van der Waals surface area contributed by atoms with Crippen molar-refractivity contribution in [3.05, 3.63) is 130 Å². The van der Waals surface area contributed by atoms with Crippen molar-refractivity contribution >= 4 is 79.3 Å². The van der Waals surface area contributed by atoms with Gasteiger partial charge in [-0.15, -0.1) is 24.7 Å². The number of benzene rings is 4. The van der Waals surface area contributed by atoms with Gasteiger partial charge in [-0.25, -0.2) is 34.5 Å². The Labute approximate surface area is 313 Å². The summed E-state index contributed by atoms with van der Waals surface area (Å²) >= 11 is -3.56. The molecule has 0 saturated carbocycles. The van der Waals surface area contributed by atoms with E-state index in [2.05, 4.69) is 11.8 Å². The molecule has 54 heavy (non-hydrogen) atoms. The zero-order chi connectivity index (χ0) is 36.4. The van der Waals surface area contributed by atoms with Crippen LogP contribution in [0.15, 0.2) is 127 Å². The topological polar surface area (TPSA) is 129 Å². The SMILES string of the molecule is C#CCCOP(=O)(OCCC#C)[O][Al]1[n]2c3c4ccccc4c2N=C2N=C(N=c4c5ccccc5c([n]41)=NC1=NC(=N3)c3ccccc31)c1ccccc12. The minimum atomic E-state index is -4.41. The van der Waals surface area contributed by atoms with E-state index in [4.69, 9.17) is 55.4 Å². The van der Waals surface area contributed by atoms with Crippen LogP contribution in [0, 0.1) is 24.7 Å². The number of fused-ring (bicyclic) bond motifs is 14. The molecule has 10 rings (SSSR count). The molecule has 0 amide bonds. The lowest BCUT2D eigenvalue weighted by Gasteiger charge is -2.24. The third kappa shape index (κ3) is 5.11. The summed E-state index contributed by atoms with van der Waals surface area (Å²) < 4.78 is 37.6. The molecule has 4 aliphatic heterocycles. The van der Waals surface area contributed by atoms with Crippen molar-refractivity contribution in [3.63, 3.8) is 0 Å². The Bertz CT molecular complexity index is 2830. The third-order valence-electron chi connectivity index (χ3n) is 9.48. The molecule has 14 heteroatoms. The maximum atomic E-state index is 15.0. The fraction of sp³-hybridized carbons (Fsp3) is 0.100. The van der Waals surface area contributed by atoms with E-state index >= 15 is 0 Å². The first-order valence-electron chi connectivity index (χ1n) is 17.2. The Morgan fingerprint density at radius 3 is 1.35 bits per heavy atom. The first-order valence-corrected chi connectivity index (χ1v) is 20.2. The number of hydrogen-bond acceptors (Lipinski definition) is 10. The van der Waals surface area contributed by atoms with E-state index in [1.165, 1.54) is 0 Å². The number of phosphoric ester groups is 1. The predicted octanol–water partition coefficient (Wildman–Crippen LogP) is 6.13. The average molecular weight is 741 g/mol. The molecule has 0 saturated heterocycles. The second-order valence-electron chi connectivity index (χ2n) is 12.6. The van der Waals surface area contributed by atoms with Crippen LogP contribution in [0.1, 0.15) is 35.1 Å². The van der Waals surface area contributed by atoms with Gasteiger partial charge >= 0.3 is 22.7 Å². The molecular weight excluding hydrogens is 714 g/mol. The second kappa shape index (κ2) is 12.8. The fourth-order valence-electron chi connectivity index (χ4n) is 7.13. The summed E-state index contributed by atoms with van der Waals surface area (Å²) in [4.78, 5) is 31.2. The molecule has 0 unspecified atom stereocenters. The number of rotatable bonds is 8. The van der Waals surface area contributed by atoms with Gasteiger partial charge in [0.15, 0.2) is 23.3 Å². The van der Waals surface area contributed by atoms with E-state index in [0.717, 1.165) is 43.8 Å². The summed E-state index contributed by atoms with van der Waals surface area (Å²) in [5, 5.41) is 3.08. The van der Waals surface area contributed by atoms with Crippen LogP contribution in [0.2, 0.25) is 0 Å². The van der Waals surface area contributed by atoms with Crippen LogP contribution in [-0.2, 0) is 17.2 Å². The Morgan fingerprint density at radius 2 is 0.926 bits per heavy atom. The highest BCUT2D eigenvalue weighted by molar-refractivity contribution is 7.49. The molecule has 0 atom stereocenters. The molecule has 0 spiro atoms. The van der Waals surface area contributed by atoms with E-state index in [1.54, 1.807) is 0 Å². The van der Waals surface area contributed by atoms with Gasteiger partial charge in [0, 0.05) is 56.6 Å².